The van der Waals surface area contributed by atoms with Gasteiger partial charge in [0.15, 0.2) is 0 Å². The lowest BCUT2D eigenvalue weighted by atomic mass is 10.0. The molecule has 0 aliphatic rings. The third-order valence-corrected chi connectivity index (χ3v) is 5.32. The first-order chi connectivity index (χ1) is 14.1. The van der Waals surface area contributed by atoms with Crippen molar-refractivity contribution in [2.24, 2.45) is 5.92 Å². The van der Waals surface area contributed by atoms with Crippen molar-refractivity contribution >= 4 is 39.3 Å². The molecule has 3 amide bonds. The van der Waals surface area contributed by atoms with Crippen molar-refractivity contribution in [1.29, 1.82) is 0 Å². The molecule has 0 unspecified atom stereocenters. The van der Waals surface area contributed by atoms with Gasteiger partial charge in [0, 0.05) is 22.8 Å². The molecule has 0 radical (unpaired) electrons. The minimum absolute atomic E-state index is 0.113. The van der Waals surface area contributed by atoms with E-state index in [1.807, 2.05) is 52.0 Å². The molecule has 0 fully saturated rings. The normalized spacial score (nSPS) is 11.7. The third kappa shape index (κ3) is 6.16. The van der Waals surface area contributed by atoms with Crippen LogP contribution in [-0.2, 0) is 9.59 Å². The molecule has 0 aromatic heterocycles. The highest BCUT2D eigenvalue weighted by Gasteiger charge is 2.28. The first kappa shape index (κ1) is 23.6. The lowest BCUT2D eigenvalue weighted by Crippen LogP contribution is -2.51. The zero-order valence-corrected chi connectivity index (χ0v) is 19.5. The van der Waals surface area contributed by atoms with Crippen LogP contribution < -0.4 is 10.6 Å². The molecule has 0 bridgehead atoms. The van der Waals surface area contributed by atoms with Crippen LogP contribution in [0.1, 0.15) is 35.3 Å². The molecule has 1 atom stereocenters. The molecule has 6 nitrogen and oxygen atoms in total. The van der Waals surface area contributed by atoms with Crippen LogP contribution in [0.25, 0.3) is 0 Å². The maximum atomic E-state index is 13.0. The van der Waals surface area contributed by atoms with Gasteiger partial charge in [-0.05, 0) is 55.2 Å². The predicted octanol–water partition coefficient (Wildman–Crippen LogP) is 3.92. The number of likely N-dealkylation sites (N-methyl/N-ethyl adjacent to an activating group) is 1. The molecular formula is C23H28BrN3O3. The highest BCUT2D eigenvalue weighted by molar-refractivity contribution is 9.10. The summed E-state index contributed by atoms with van der Waals surface area (Å²) < 4.78 is 0.925. The van der Waals surface area contributed by atoms with E-state index in [4.69, 9.17) is 0 Å². The average Bonchev–Trinajstić information content (AvgIpc) is 2.67. The summed E-state index contributed by atoms with van der Waals surface area (Å²) in [5.41, 5.74) is 2.97. The fourth-order valence-corrected chi connectivity index (χ4v) is 3.52. The Balaban J connectivity index is 2.04. The number of benzene rings is 2. The van der Waals surface area contributed by atoms with Crippen molar-refractivity contribution in [2.45, 2.75) is 33.7 Å². The topological polar surface area (TPSA) is 78.5 Å². The fourth-order valence-electron chi connectivity index (χ4n) is 3.05. The van der Waals surface area contributed by atoms with E-state index in [2.05, 4.69) is 26.6 Å². The zero-order chi connectivity index (χ0) is 22.4. The van der Waals surface area contributed by atoms with Crippen molar-refractivity contribution in [2.75, 3.05) is 18.9 Å². The Hall–Kier alpha value is -2.67. The second kappa shape index (κ2) is 10.4. The minimum Gasteiger partial charge on any atom is -0.340 e. The van der Waals surface area contributed by atoms with E-state index in [1.54, 1.807) is 25.2 Å². The third-order valence-electron chi connectivity index (χ3n) is 4.83. The van der Waals surface area contributed by atoms with Crippen LogP contribution in [0.2, 0.25) is 0 Å². The summed E-state index contributed by atoms with van der Waals surface area (Å²) >= 11 is 3.39. The van der Waals surface area contributed by atoms with Crippen molar-refractivity contribution in [1.82, 2.24) is 10.2 Å². The number of amides is 3. The van der Waals surface area contributed by atoms with Crippen LogP contribution >= 0.6 is 15.9 Å². The largest absolute Gasteiger partial charge is 0.340 e. The van der Waals surface area contributed by atoms with Crippen LogP contribution in [0.5, 0.6) is 0 Å². The predicted molar refractivity (Wildman–Crippen MR) is 122 cm³/mol. The summed E-state index contributed by atoms with van der Waals surface area (Å²) in [5.74, 6) is -1.05. The Labute approximate surface area is 186 Å². The summed E-state index contributed by atoms with van der Waals surface area (Å²) in [7, 11) is 1.56. The van der Waals surface area contributed by atoms with Gasteiger partial charge < -0.3 is 15.5 Å². The van der Waals surface area contributed by atoms with Gasteiger partial charge in [0.2, 0.25) is 11.8 Å². The molecule has 0 saturated carbocycles. The van der Waals surface area contributed by atoms with E-state index in [9.17, 15) is 14.4 Å². The Bertz CT molecular complexity index is 943. The van der Waals surface area contributed by atoms with Crippen molar-refractivity contribution in [3.8, 4) is 0 Å². The van der Waals surface area contributed by atoms with Crippen molar-refractivity contribution in [3.05, 3.63) is 63.6 Å². The molecule has 2 aromatic carbocycles. The average molecular weight is 474 g/mol. The number of aryl methyl sites for hydroxylation is 2. The molecule has 7 heteroatoms. The number of carbonyl (C=O) groups is 3. The number of nitrogens with zero attached hydrogens (tertiary/aromatic N) is 1. The molecule has 0 heterocycles. The molecule has 0 saturated heterocycles. The maximum Gasteiger partial charge on any atom is 0.252 e. The molecule has 2 rings (SSSR count). The van der Waals surface area contributed by atoms with E-state index in [0.29, 0.717) is 11.3 Å². The lowest BCUT2D eigenvalue weighted by Gasteiger charge is -2.27. The number of carbonyl (C=O) groups excluding carboxylic acids is 3. The first-order valence-electron chi connectivity index (χ1n) is 9.77. The van der Waals surface area contributed by atoms with Gasteiger partial charge >= 0.3 is 0 Å². The van der Waals surface area contributed by atoms with E-state index in [0.717, 1.165) is 15.6 Å². The minimum atomic E-state index is -0.732. The SMILES string of the molecule is Cc1cc(Br)ccc1NC(=O)CN(C)C(=O)[C@H](NC(=O)c1ccccc1C)C(C)C. The van der Waals surface area contributed by atoms with Crippen LogP contribution in [-0.4, -0.2) is 42.3 Å². The van der Waals surface area contributed by atoms with Crippen LogP contribution in [0, 0.1) is 19.8 Å². The van der Waals surface area contributed by atoms with Crippen LogP contribution in [0.4, 0.5) is 5.69 Å². The summed E-state index contributed by atoms with van der Waals surface area (Å²) in [6, 6.07) is 12.0. The van der Waals surface area contributed by atoms with Gasteiger partial charge in [0.25, 0.3) is 5.91 Å². The van der Waals surface area contributed by atoms with E-state index in [-0.39, 0.29) is 30.2 Å². The summed E-state index contributed by atoms with van der Waals surface area (Å²) in [6.45, 7) is 7.35. The number of nitrogens with one attached hydrogen (secondary N) is 2. The summed E-state index contributed by atoms with van der Waals surface area (Å²) in [6.07, 6.45) is 0. The molecule has 2 N–H and O–H groups in total. The standard InChI is InChI=1S/C23H28BrN3O3/c1-14(2)21(26-22(29)18-9-7-6-8-15(18)3)23(30)27(5)13-20(28)25-19-11-10-17(24)12-16(19)4/h6-12,14,21H,13H2,1-5H3,(H,25,28)(H,26,29)/t21-/m1/s1. The number of hydrogen-bond acceptors (Lipinski definition) is 3. The molecule has 30 heavy (non-hydrogen) atoms. The molecular weight excluding hydrogens is 446 g/mol. The Kier molecular flexibility index (Phi) is 8.17. The lowest BCUT2D eigenvalue weighted by molar-refractivity contribution is -0.135. The molecule has 160 valence electrons. The number of anilines is 1. The van der Waals surface area contributed by atoms with Gasteiger partial charge in [-0.15, -0.1) is 0 Å². The Morgan fingerprint density at radius 3 is 2.30 bits per heavy atom. The highest BCUT2D eigenvalue weighted by Crippen LogP contribution is 2.20. The summed E-state index contributed by atoms with van der Waals surface area (Å²) in [4.78, 5) is 39.4. The quantitative estimate of drug-likeness (QED) is 0.639. The smallest absolute Gasteiger partial charge is 0.252 e. The van der Waals surface area contributed by atoms with Gasteiger partial charge in [0.1, 0.15) is 6.04 Å². The highest BCUT2D eigenvalue weighted by atomic mass is 79.9. The van der Waals surface area contributed by atoms with E-state index in [1.165, 1.54) is 4.90 Å². The van der Waals surface area contributed by atoms with E-state index < -0.39 is 6.04 Å². The Morgan fingerprint density at radius 1 is 1.03 bits per heavy atom. The first-order valence-corrected chi connectivity index (χ1v) is 10.6. The molecule has 0 aliphatic carbocycles. The molecule has 0 spiro atoms. The second-order valence-electron chi connectivity index (χ2n) is 7.71. The number of hydrogen-bond donors (Lipinski definition) is 2. The summed E-state index contributed by atoms with van der Waals surface area (Å²) in [5, 5.41) is 5.65. The number of rotatable bonds is 7. The zero-order valence-electron chi connectivity index (χ0n) is 18.0. The Morgan fingerprint density at radius 2 is 1.70 bits per heavy atom. The number of halogens is 1. The fraction of sp³-hybridized carbons (Fsp3) is 0.348. The second-order valence-corrected chi connectivity index (χ2v) is 8.63. The molecule has 0 aliphatic heterocycles. The van der Waals surface area contributed by atoms with Crippen LogP contribution in [0.15, 0.2) is 46.9 Å². The maximum absolute atomic E-state index is 13.0. The molecule has 2 aromatic rings. The van der Waals surface area contributed by atoms with Crippen molar-refractivity contribution < 1.29 is 14.4 Å². The van der Waals surface area contributed by atoms with Gasteiger partial charge in [-0.2, -0.15) is 0 Å². The van der Waals surface area contributed by atoms with Gasteiger partial charge in [0.05, 0.1) is 6.54 Å². The monoisotopic (exact) mass is 473 g/mol. The van der Waals surface area contributed by atoms with Gasteiger partial charge in [-0.3, -0.25) is 14.4 Å². The van der Waals surface area contributed by atoms with E-state index >= 15 is 0 Å². The van der Waals surface area contributed by atoms with Crippen molar-refractivity contribution in [3.63, 3.8) is 0 Å². The van der Waals surface area contributed by atoms with Crippen LogP contribution in [0.3, 0.4) is 0 Å². The van der Waals surface area contributed by atoms with Gasteiger partial charge in [-0.25, -0.2) is 0 Å². The van der Waals surface area contributed by atoms with Gasteiger partial charge in [-0.1, -0.05) is 48.0 Å².